The van der Waals surface area contributed by atoms with Crippen LogP contribution in [-0.4, -0.2) is 82.1 Å². The van der Waals surface area contributed by atoms with Gasteiger partial charge in [-0.2, -0.15) is 74.6 Å². The third kappa shape index (κ3) is 2.20. The van der Waals surface area contributed by atoms with E-state index in [0.29, 0.717) is 0 Å². The first-order valence-electron chi connectivity index (χ1n) is 8.79. The minimum atomic E-state index is -8.80. The maximum Gasteiger partial charge on any atom is 0.458 e. The Morgan fingerprint density at radius 1 is 0.410 bits per heavy atom. The van der Waals surface area contributed by atoms with Crippen molar-refractivity contribution in [2.45, 2.75) is 82.1 Å². The van der Waals surface area contributed by atoms with E-state index in [9.17, 15) is 87.8 Å². The van der Waals surface area contributed by atoms with Crippen LogP contribution in [0.3, 0.4) is 0 Å². The zero-order chi connectivity index (χ0) is 31.7. The molecule has 4 rings (SSSR count). The molecule has 39 heavy (non-hydrogen) atoms. The van der Waals surface area contributed by atoms with Gasteiger partial charge < -0.3 is 0 Å². The Balaban J connectivity index is 2.54. The lowest BCUT2D eigenvalue weighted by Gasteiger charge is -2.74. The number of nitrogens with two attached hydrogens (primary N) is 1. The molecule has 4 bridgehead atoms. The third-order valence-corrected chi connectivity index (χ3v) is 6.72. The summed E-state index contributed by atoms with van der Waals surface area (Å²) in [5.74, 6) is -67.7. The van der Waals surface area contributed by atoms with Crippen molar-refractivity contribution in [3.05, 3.63) is 0 Å². The molecule has 4 aliphatic carbocycles. The van der Waals surface area contributed by atoms with E-state index in [1.807, 2.05) is 0 Å². The molecule has 4 saturated carbocycles. The lowest BCUT2D eigenvalue weighted by molar-refractivity contribution is -0.630. The Morgan fingerprint density at radius 3 is 0.872 bits per heavy atom. The van der Waals surface area contributed by atoms with Gasteiger partial charge in [0.1, 0.15) is 0 Å². The Morgan fingerprint density at radius 2 is 0.641 bits per heavy atom. The zero-order valence-electron chi connectivity index (χ0n) is 16.7. The molecule has 1 atom stereocenters. The second kappa shape index (κ2) is 6.52. The molecule has 0 spiro atoms. The molecule has 2 nitrogen and oxygen atoms in total. The molecule has 4 aliphatic rings. The van der Waals surface area contributed by atoms with Crippen LogP contribution in [0.1, 0.15) is 0 Å². The van der Waals surface area contributed by atoms with Crippen LogP contribution in [0.5, 0.6) is 0 Å². The van der Waals surface area contributed by atoms with Gasteiger partial charge in [0, 0.05) is 0 Å². The minimum Gasteiger partial charge on any atom is -0.286 e. The van der Waals surface area contributed by atoms with Gasteiger partial charge in [0.15, 0.2) is 0 Å². The molecule has 0 heterocycles. The highest BCUT2D eigenvalue weighted by Crippen LogP contribution is 2.89. The van der Waals surface area contributed by atoms with E-state index in [0.717, 1.165) is 0 Å². The van der Waals surface area contributed by atoms with Crippen LogP contribution in [0.4, 0.5) is 101 Å². The summed E-state index contributed by atoms with van der Waals surface area (Å²) in [6.07, 6.45) is -16.1. The summed E-state index contributed by atoms with van der Waals surface area (Å²) in [6.45, 7) is 0. The Bertz CT molecular complexity index is 1000. The Hall–Kier alpha value is -1.69. The van der Waals surface area contributed by atoms with Gasteiger partial charge >= 0.3 is 82.1 Å². The van der Waals surface area contributed by atoms with E-state index < -0.39 is 82.1 Å². The van der Waals surface area contributed by atoms with Crippen molar-refractivity contribution in [2.75, 3.05) is 0 Å². The minimum absolute atomic E-state index is 1.43. The van der Waals surface area contributed by atoms with Gasteiger partial charge in [-0.25, -0.2) is 26.3 Å². The van der Waals surface area contributed by atoms with Crippen LogP contribution in [0.15, 0.2) is 0 Å². The molecule has 0 aliphatic heterocycles. The first kappa shape index (κ1) is 31.8. The maximum absolute atomic E-state index is 15.2. The largest absolute Gasteiger partial charge is 0.458 e. The summed E-state index contributed by atoms with van der Waals surface area (Å²) in [5.41, 5.74) is -31.1. The molecule has 0 aromatic heterocycles. The van der Waals surface area contributed by atoms with Crippen LogP contribution >= 0.6 is 0 Å². The van der Waals surface area contributed by atoms with Gasteiger partial charge in [-0.1, -0.05) is 0 Å². The molecule has 0 saturated heterocycles. The van der Waals surface area contributed by atoms with Crippen LogP contribution in [0, 0.1) is 0 Å². The molecular formula is C14H2F23NO. The van der Waals surface area contributed by atoms with E-state index in [4.69, 9.17) is 0 Å². The molecular weight excluding hydrogens is 635 g/mol. The second-order valence-electron chi connectivity index (χ2n) is 8.50. The van der Waals surface area contributed by atoms with E-state index in [1.54, 1.807) is 0 Å². The number of alkyl halides is 23. The van der Waals surface area contributed by atoms with Gasteiger partial charge in [0.2, 0.25) is 0 Å². The first-order chi connectivity index (χ1) is 16.5. The quantitative estimate of drug-likeness (QED) is 0.298. The van der Waals surface area contributed by atoms with E-state index >= 15 is 13.2 Å². The highest BCUT2D eigenvalue weighted by molar-refractivity contribution is 5.54. The molecule has 1 unspecified atom stereocenters. The monoisotopic (exact) mass is 637 g/mol. The van der Waals surface area contributed by atoms with E-state index in [-0.39, 0.29) is 0 Å². The SMILES string of the molecule is NC(F)(C(F)(F)OC1(F)C2(F)C(F)(F)C3(F)C(F)(F)C(F)(C2(F)F)C(F)(F)C1(F)C3(F)F)C(F)(F)C(F)(F)F. The van der Waals surface area contributed by atoms with Crippen molar-refractivity contribution in [1.82, 2.24) is 0 Å². The second-order valence-corrected chi connectivity index (χ2v) is 8.50. The lowest BCUT2D eigenvalue weighted by Crippen LogP contribution is -3.10. The van der Waals surface area contributed by atoms with E-state index in [1.165, 1.54) is 4.74 Å². The summed E-state index contributed by atoms with van der Waals surface area (Å²) < 4.78 is 324. The molecule has 25 heteroatoms. The topological polar surface area (TPSA) is 35.2 Å². The summed E-state index contributed by atoms with van der Waals surface area (Å²) in [4.78, 5) is 0. The normalized spacial score (nSPS) is 45.2. The molecule has 230 valence electrons. The van der Waals surface area contributed by atoms with Gasteiger partial charge in [-0.3, -0.25) is 10.5 Å². The van der Waals surface area contributed by atoms with Crippen molar-refractivity contribution >= 4 is 0 Å². The highest BCUT2D eigenvalue weighted by atomic mass is 19.4. The molecule has 4 fully saturated rings. The number of hydrogen-bond donors (Lipinski definition) is 1. The average molecular weight is 637 g/mol. The Labute approximate surface area is 195 Å². The van der Waals surface area contributed by atoms with E-state index in [2.05, 4.69) is 5.73 Å². The van der Waals surface area contributed by atoms with Crippen molar-refractivity contribution in [3.8, 4) is 0 Å². The number of hydrogen-bond acceptors (Lipinski definition) is 2. The summed E-state index contributed by atoms with van der Waals surface area (Å²) in [6, 6.07) is 0. The summed E-state index contributed by atoms with van der Waals surface area (Å²) in [7, 11) is 0. The molecule has 0 aromatic carbocycles. The van der Waals surface area contributed by atoms with Crippen LogP contribution in [-0.2, 0) is 4.74 Å². The third-order valence-electron chi connectivity index (χ3n) is 6.72. The Kier molecular flexibility index (Phi) is 5.32. The summed E-state index contributed by atoms with van der Waals surface area (Å²) >= 11 is 0. The van der Waals surface area contributed by atoms with Crippen LogP contribution in [0.2, 0.25) is 0 Å². The summed E-state index contributed by atoms with van der Waals surface area (Å²) in [5, 5.41) is 0. The van der Waals surface area contributed by atoms with Gasteiger partial charge in [0.25, 0.3) is 0 Å². The smallest absolute Gasteiger partial charge is 0.286 e. The maximum atomic E-state index is 15.2. The number of halogens is 23. The highest BCUT2D eigenvalue weighted by Gasteiger charge is 3.23. The lowest BCUT2D eigenvalue weighted by atomic mass is 9.40. The molecule has 0 aromatic rings. The zero-order valence-corrected chi connectivity index (χ0v) is 16.7. The predicted octanol–water partition coefficient (Wildman–Crippen LogP) is 6.13. The fraction of sp³-hybridized carbons (Fsp3) is 1.00. The fourth-order valence-corrected chi connectivity index (χ4v) is 4.59. The van der Waals surface area contributed by atoms with Gasteiger partial charge in [-0.05, 0) is 0 Å². The number of ether oxygens (including phenoxy) is 1. The van der Waals surface area contributed by atoms with Crippen molar-refractivity contribution < 1.29 is 106 Å². The molecule has 2 N–H and O–H groups in total. The van der Waals surface area contributed by atoms with Crippen molar-refractivity contribution in [3.63, 3.8) is 0 Å². The predicted molar refractivity (Wildman–Crippen MR) is 69.0 cm³/mol. The van der Waals surface area contributed by atoms with Crippen molar-refractivity contribution in [2.24, 2.45) is 5.73 Å². The van der Waals surface area contributed by atoms with Crippen molar-refractivity contribution in [1.29, 1.82) is 0 Å². The first-order valence-corrected chi connectivity index (χ1v) is 8.79. The molecule has 0 amide bonds. The average Bonchev–Trinajstić information content (AvgIpc) is 2.71. The van der Waals surface area contributed by atoms with Crippen LogP contribution < -0.4 is 5.73 Å². The molecule has 0 radical (unpaired) electrons. The van der Waals surface area contributed by atoms with Crippen LogP contribution in [0.25, 0.3) is 0 Å². The van der Waals surface area contributed by atoms with Gasteiger partial charge in [-0.15, -0.1) is 0 Å². The standard InChI is InChI=1S/C14H2F23NO/c15-1-5(19,20)2(16)8(25,26)3(17,6(1,21)22)12(32,4(18,7(1,23)24)9(2,27)28)39-14(36,37)11(31,38)10(29,30)13(33,34)35/h38H2. The fourth-order valence-electron chi connectivity index (χ4n) is 4.59. The van der Waals surface area contributed by atoms with Gasteiger partial charge in [0.05, 0.1) is 0 Å². The number of rotatable bonds is 4.